The molecule has 0 amide bonds. The summed E-state index contributed by atoms with van der Waals surface area (Å²) in [4.78, 5) is 0.172. The van der Waals surface area contributed by atoms with Crippen LogP contribution in [0.25, 0.3) is 0 Å². The number of sulfonamides is 1. The Morgan fingerprint density at radius 3 is 2.23 bits per heavy atom. The van der Waals surface area contributed by atoms with Crippen molar-refractivity contribution in [1.82, 2.24) is 4.72 Å². The van der Waals surface area contributed by atoms with Gasteiger partial charge in [0.25, 0.3) is 0 Å². The maximum absolute atomic E-state index is 12.3. The number of anilines is 1. The summed E-state index contributed by atoms with van der Waals surface area (Å²) in [7, 11) is -3.59. The van der Waals surface area contributed by atoms with Crippen molar-refractivity contribution in [3.8, 4) is 11.5 Å². The molecular weight excluding hydrogens is 372 g/mol. The van der Waals surface area contributed by atoms with Crippen molar-refractivity contribution in [2.24, 2.45) is 0 Å². The maximum atomic E-state index is 12.3. The van der Waals surface area contributed by atoms with Crippen LogP contribution in [-0.2, 0) is 16.6 Å². The lowest BCUT2D eigenvalue weighted by molar-refractivity contribution is 0.482. The molecule has 0 aliphatic carbocycles. The zero-order valence-electron chi connectivity index (χ0n) is 13.7. The second-order valence-corrected chi connectivity index (χ2v) is 7.74. The third kappa shape index (κ3) is 4.54. The zero-order chi connectivity index (χ0) is 18.6. The molecule has 0 unspecified atom stereocenters. The lowest BCUT2D eigenvalue weighted by Crippen LogP contribution is -2.23. The van der Waals surface area contributed by atoms with E-state index in [4.69, 9.17) is 22.1 Å². The van der Waals surface area contributed by atoms with Crippen molar-refractivity contribution < 1.29 is 13.2 Å². The molecule has 0 fully saturated rings. The number of nitrogens with one attached hydrogen (secondary N) is 1. The highest BCUT2D eigenvalue weighted by Gasteiger charge is 2.13. The van der Waals surface area contributed by atoms with E-state index in [9.17, 15) is 8.42 Å². The van der Waals surface area contributed by atoms with Gasteiger partial charge in [-0.15, -0.1) is 0 Å². The second-order valence-electron chi connectivity index (χ2n) is 5.57. The minimum atomic E-state index is -3.59. The molecule has 0 aliphatic heterocycles. The molecule has 3 N–H and O–H groups in total. The molecule has 3 aromatic rings. The van der Waals surface area contributed by atoms with Gasteiger partial charge in [0.1, 0.15) is 11.5 Å². The normalized spacial score (nSPS) is 11.3. The molecule has 0 bridgehead atoms. The summed E-state index contributed by atoms with van der Waals surface area (Å²) in [5, 5.41) is 0.521. The summed E-state index contributed by atoms with van der Waals surface area (Å²) < 4.78 is 32.8. The number of benzene rings is 3. The van der Waals surface area contributed by atoms with Crippen molar-refractivity contribution in [2.45, 2.75) is 11.4 Å². The number of nitrogen functional groups attached to an aromatic ring is 1. The van der Waals surface area contributed by atoms with Gasteiger partial charge in [0.15, 0.2) is 0 Å². The molecule has 0 aromatic heterocycles. The van der Waals surface area contributed by atoms with Gasteiger partial charge < -0.3 is 10.5 Å². The molecule has 0 saturated heterocycles. The van der Waals surface area contributed by atoms with E-state index in [2.05, 4.69) is 4.72 Å². The SMILES string of the molecule is Nc1ccc(S(=O)(=O)NCc2ccc(Oc3ccccc3Cl)cc2)cc1. The third-order valence-electron chi connectivity index (χ3n) is 3.64. The maximum Gasteiger partial charge on any atom is 0.240 e. The summed E-state index contributed by atoms with van der Waals surface area (Å²) in [6.45, 7) is 0.166. The second kappa shape index (κ2) is 7.78. The highest BCUT2D eigenvalue weighted by atomic mass is 35.5. The summed E-state index contributed by atoms with van der Waals surface area (Å²) in [5.74, 6) is 1.18. The molecular formula is C19H17ClN2O3S. The van der Waals surface area contributed by atoms with E-state index in [0.717, 1.165) is 5.56 Å². The molecule has 3 aromatic carbocycles. The quantitative estimate of drug-likeness (QED) is 0.620. The predicted molar refractivity (Wildman–Crippen MR) is 103 cm³/mol. The summed E-state index contributed by atoms with van der Waals surface area (Å²) in [6.07, 6.45) is 0. The topological polar surface area (TPSA) is 81.4 Å². The summed E-state index contributed by atoms with van der Waals surface area (Å²) in [6, 6.07) is 20.3. The Hall–Kier alpha value is -2.54. The average Bonchev–Trinajstić information content (AvgIpc) is 2.63. The number of hydrogen-bond acceptors (Lipinski definition) is 4. The zero-order valence-corrected chi connectivity index (χ0v) is 15.3. The van der Waals surface area contributed by atoms with Crippen LogP contribution in [0.2, 0.25) is 5.02 Å². The highest BCUT2D eigenvalue weighted by molar-refractivity contribution is 7.89. The van der Waals surface area contributed by atoms with Crippen LogP contribution in [0.3, 0.4) is 0 Å². The van der Waals surface area contributed by atoms with Crippen LogP contribution in [-0.4, -0.2) is 8.42 Å². The van der Waals surface area contributed by atoms with Crippen LogP contribution < -0.4 is 15.2 Å². The Morgan fingerprint density at radius 1 is 0.923 bits per heavy atom. The van der Waals surface area contributed by atoms with Gasteiger partial charge in [-0.2, -0.15) is 0 Å². The Kier molecular flexibility index (Phi) is 5.46. The minimum Gasteiger partial charge on any atom is -0.456 e. The lowest BCUT2D eigenvalue weighted by Gasteiger charge is -2.09. The Balaban J connectivity index is 1.64. The number of hydrogen-bond donors (Lipinski definition) is 2. The van der Waals surface area contributed by atoms with Crippen molar-refractivity contribution in [1.29, 1.82) is 0 Å². The van der Waals surface area contributed by atoms with E-state index in [1.165, 1.54) is 12.1 Å². The molecule has 0 heterocycles. The van der Waals surface area contributed by atoms with Gasteiger partial charge in [0.05, 0.1) is 9.92 Å². The molecule has 134 valence electrons. The Morgan fingerprint density at radius 2 is 1.58 bits per heavy atom. The predicted octanol–water partition coefficient (Wildman–Crippen LogP) is 4.19. The van der Waals surface area contributed by atoms with E-state index < -0.39 is 10.0 Å². The van der Waals surface area contributed by atoms with Gasteiger partial charge in [0.2, 0.25) is 10.0 Å². The molecule has 0 atom stereocenters. The largest absolute Gasteiger partial charge is 0.456 e. The van der Waals surface area contributed by atoms with E-state index in [1.807, 2.05) is 12.1 Å². The molecule has 0 saturated carbocycles. The van der Waals surface area contributed by atoms with Crippen LogP contribution in [0.1, 0.15) is 5.56 Å². The first kappa shape index (κ1) is 18.3. The fourth-order valence-corrected chi connectivity index (χ4v) is 3.43. The number of rotatable bonds is 6. The van der Waals surface area contributed by atoms with Crippen LogP contribution in [0.15, 0.2) is 77.7 Å². The first-order valence-electron chi connectivity index (χ1n) is 7.80. The average molecular weight is 389 g/mol. The molecule has 3 rings (SSSR count). The smallest absolute Gasteiger partial charge is 0.240 e. The van der Waals surface area contributed by atoms with Crippen molar-refractivity contribution in [2.75, 3.05) is 5.73 Å². The Bertz CT molecular complexity index is 988. The molecule has 7 heteroatoms. The fraction of sp³-hybridized carbons (Fsp3) is 0.0526. The molecule has 0 radical (unpaired) electrons. The number of ether oxygens (including phenoxy) is 1. The van der Waals surface area contributed by atoms with Gasteiger partial charge in [-0.05, 0) is 54.1 Å². The van der Waals surface area contributed by atoms with Crippen LogP contribution in [0, 0.1) is 0 Å². The van der Waals surface area contributed by atoms with E-state index in [-0.39, 0.29) is 11.4 Å². The summed E-state index contributed by atoms with van der Waals surface area (Å²) >= 11 is 6.06. The molecule has 0 aliphatic rings. The highest BCUT2D eigenvalue weighted by Crippen LogP contribution is 2.28. The Labute approximate surface area is 157 Å². The summed E-state index contributed by atoms with van der Waals surface area (Å²) in [5.41, 5.74) is 6.89. The number of para-hydroxylation sites is 1. The first-order valence-corrected chi connectivity index (χ1v) is 9.67. The van der Waals surface area contributed by atoms with E-state index >= 15 is 0 Å². The van der Waals surface area contributed by atoms with Crippen LogP contribution in [0.5, 0.6) is 11.5 Å². The van der Waals surface area contributed by atoms with Crippen molar-refractivity contribution >= 4 is 27.3 Å². The fourth-order valence-electron chi connectivity index (χ4n) is 2.24. The van der Waals surface area contributed by atoms with Gasteiger partial charge >= 0.3 is 0 Å². The third-order valence-corrected chi connectivity index (χ3v) is 5.37. The first-order chi connectivity index (χ1) is 12.4. The van der Waals surface area contributed by atoms with Crippen LogP contribution in [0.4, 0.5) is 5.69 Å². The van der Waals surface area contributed by atoms with Gasteiger partial charge in [-0.3, -0.25) is 0 Å². The number of halogens is 1. The standard InChI is InChI=1S/C19H17ClN2O3S/c20-18-3-1-2-4-19(18)25-16-9-5-14(6-10-16)13-22-26(23,24)17-11-7-15(21)8-12-17/h1-12,22H,13,21H2. The van der Waals surface area contributed by atoms with Gasteiger partial charge in [0, 0.05) is 12.2 Å². The monoisotopic (exact) mass is 388 g/mol. The lowest BCUT2D eigenvalue weighted by atomic mass is 10.2. The minimum absolute atomic E-state index is 0.166. The van der Waals surface area contributed by atoms with Crippen LogP contribution >= 0.6 is 11.6 Å². The van der Waals surface area contributed by atoms with Gasteiger partial charge in [-0.1, -0.05) is 35.9 Å². The molecule has 5 nitrogen and oxygen atoms in total. The molecule has 0 spiro atoms. The van der Waals surface area contributed by atoms with E-state index in [0.29, 0.717) is 22.2 Å². The van der Waals surface area contributed by atoms with Crippen molar-refractivity contribution in [3.63, 3.8) is 0 Å². The van der Waals surface area contributed by atoms with Crippen molar-refractivity contribution in [3.05, 3.63) is 83.4 Å². The van der Waals surface area contributed by atoms with Gasteiger partial charge in [-0.25, -0.2) is 13.1 Å². The van der Waals surface area contributed by atoms with E-state index in [1.54, 1.807) is 48.5 Å². The molecule has 26 heavy (non-hydrogen) atoms. The number of nitrogens with two attached hydrogens (primary N) is 1.